The minimum atomic E-state index is -0.212. The monoisotopic (exact) mass is 346 g/mol. The number of nitrogens with zero attached hydrogens (tertiary/aromatic N) is 2. The van der Waals surface area contributed by atoms with Gasteiger partial charge in [0, 0.05) is 11.8 Å². The molecule has 0 radical (unpaired) electrons. The van der Waals surface area contributed by atoms with Crippen molar-refractivity contribution >= 4 is 11.8 Å². The second kappa shape index (κ2) is 7.75. The third-order valence-electron chi connectivity index (χ3n) is 4.20. The Bertz CT molecular complexity index is 737. The van der Waals surface area contributed by atoms with Crippen LogP contribution in [0.25, 0.3) is 0 Å². The normalized spacial score (nSPS) is 14.9. The molecule has 0 spiro atoms. The lowest BCUT2D eigenvalue weighted by Crippen LogP contribution is -2.25. The topological polar surface area (TPSA) is 64.3 Å². The van der Waals surface area contributed by atoms with Crippen molar-refractivity contribution in [2.75, 3.05) is 12.4 Å². The van der Waals surface area contributed by atoms with Gasteiger partial charge in [0.1, 0.15) is 5.75 Å². The summed E-state index contributed by atoms with van der Waals surface area (Å²) >= 11 is 1.45. The lowest BCUT2D eigenvalue weighted by atomic mass is 10.2. The number of ether oxygens (including phenoxy) is 1. The minimum absolute atomic E-state index is 0.170. The van der Waals surface area contributed by atoms with Crippen molar-refractivity contribution in [1.29, 1.82) is 0 Å². The molecule has 2 aromatic rings. The van der Waals surface area contributed by atoms with Crippen LogP contribution < -0.4 is 10.3 Å². The number of hydrogen-bond donors (Lipinski definition) is 1. The van der Waals surface area contributed by atoms with Crippen LogP contribution in [0.1, 0.15) is 37.3 Å². The molecule has 0 bridgehead atoms. The van der Waals surface area contributed by atoms with E-state index in [1.165, 1.54) is 23.4 Å². The first-order valence-electron chi connectivity index (χ1n) is 8.28. The molecule has 5 nitrogen and oxygen atoms in total. The first-order valence-corrected chi connectivity index (χ1v) is 9.27. The molecule has 1 aliphatic carbocycles. The Morgan fingerprint density at radius 3 is 2.71 bits per heavy atom. The summed E-state index contributed by atoms with van der Waals surface area (Å²) in [5.74, 6) is 1.28. The lowest BCUT2D eigenvalue weighted by Gasteiger charge is -2.17. The summed E-state index contributed by atoms with van der Waals surface area (Å²) < 4.78 is 7.45. The highest BCUT2D eigenvalue weighted by molar-refractivity contribution is 7.99. The zero-order valence-corrected chi connectivity index (χ0v) is 14.6. The van der Waals surface area contributed by atoms with E-state index in [1.807, 2.05) is 31.2 Å². The molecule has 1 aliphatic rings. The Hall–Kier alpha value is -1.95. The molecule has 3 rings (SSSR count). The Labute approximate surface area is 145 Å². The van der Waals surface area contributed by atoms with E-state index < -0.39 is 0 Å². The Morgan fingerprint density at radius 2 is 2.00 bits per heavy atom. The summed E-state index contributed by atoms with van der Waals surface area (Å²) in [4.78, 5) is 16.4. The van der Waals surface area contributed by atoms with E-state index in [-0.39, 0.29) is 17.5 Å². The zero-order chi connectivity index (χ0) is 16.9. The van der Waals surface area contributed by atoms with Crippen molar-refractivity contribution < 1.29 is 9.84 Å². The number of rotatable bonds is 6. The molecule has 0 aliphatic heterocycles. The molecule has 1 N–H and O–H groups in total. The van der Waals surface area contributed by atoms with Gasteiger partial charge in [-0.3, -0.25) is 9.36 Å². The Kier molecular flexibility index (Phi) is 5.45. The van der Waals surface area contributed by atoms with Gasteiger partial charge in [-0.15, -0.1) is 0 Å². The fourth-order valence-electron chi connectivity index (χ4n) is 2.99. The van der Waals surface area contributed by atoms with Crippen molar-refractivity contribution in [3.63, 3.8) is 0 Å². The van der Waals surface area contributed by atoms with E-state index in [0.717, 1.165) is 31.4 Å². The average molecular weight is 346 g/mol. The fourth-order valence-corrected chi connectivity index (χ4v) is 3.87. The van der Waals surface area contributed by atoms with Crippen molar-refractivity contribution in [2.45, 2.75) is 43.8 Å². The van der Waals surface area contributed by atoms with Gasteiger partial charge < -0.3 is 9.84 Å². The first-order chi connectivity index (χ1) is 11.6. The molecule has 0 unspecified atom stereocenters. The molecule has 1 heterocycles. The van der Waals surface area contributed by atoms with Crippen LogP contribution in [-0.2, 0) is 0 Å². The summed E-state index contributed by atoms with van der Waals surface area (Å²) in [5.41, 5.74) is 1.03. The van der Waals surface area contributed by atoms with Gasteiger partial charge in [0.05, 0.1) is 12.7 Å². The third-order valence-corrected chi connectivity index (χ3v) is 5.12. The second-order valence-corrected chi connectivity index (χ2v) is 7.12. The largest absolute Gasteiger partial charge is 0.493 e. The Balaban J connectivity index is 1.63. The highest BCUT2D eigenvalue weighted by atomic mass is 32.2. The molecule has 128 valence electrons. The van der Waals surface area contributed by atoms with Crippen LogP contribution in [0.15, 0.2) is 40.3 Å². The second-order valence-electron chi connectivity index (χ2n) is 6.05. The standard InChI is InChI=1S/C18H22N2O3S/c1-13-6-8-15(9-7-13)23-10-11-24-18-19-16(21)12-17(22)20(18)14-4-2-3-5-14/h6-9,12,14,21H,2-5,10-11H2,1H3. The van der Waals surface area contributed by atoms with Gasteiger partial charge in [0.2, 0.25) is 5.88 Å². The smallest absolute Gasteiger partial charge is 0.258 e. The minimum Gasteiger partial charge on any atom is -0.493 e. The van der Waals surface area contributed by atoms with E-state index in [2.05, 4.69) is 4.98 Å². The first kappa shape index (κ1) is 16.9. The van der Waals surface area contributed by atoms with Gasteiger partial charge in [0.25, 0.3) is 5.56 Å². The van der Waals surface area contributed by atoms with Crippen LogP contribution in [0.5, 0.6) is 11.6 Å². The molecule has 1 aromatic heterocycles. The van der Waals surface area contributed by atoms with E-state index in [0.29, 0.717) is 17.5 Å². The molecule has 0 atom stereocenters. The molecule has 0 amide bonds. The Morgan fingerprint density at radius 1 is 1.29 bits per heavy atom. The quantitative estimate of drug-likeness (QED) is 0.492. The molecular weight excluding hydrogens is 324 g/mol. The number of benzene rings is 1. The number of aromatic hydroxyl groups is 1. The number of aromatic nitrogens is 2. The summed E-state index contributed by atoms with van der Waals surface area (Å²) in [6.07, 6.45) is 4.27. The lowest BCUT2D eigenvalue weighted by molar-refractivity contribution is 0.343. The van der Waals surface area contributed by atoms with Crippen LogP contribution in [0.4, 0.5) is 0 Å². The summed E-state index contributed by atoms with van der Waals surface area (Å²) in [5, 5.41) is 10.2. The van der Waals surface area contributed by atoms with Crippen molar-refractivity contribution in [1.82, 2.24) is 9.55 Å². The molecular formula is C18H22N2O3S. The third kappa shape index (κ3) is 4.12. The van der Waals surface area contributed by atoms with E-state index >= 15 is 0 Å². The van der Waals surface area contributed by atoms with Crippen LogP contribution >= 0.6 is 11.8 Å². The summed E-state index contributed by atoms with van der Waals surface area (Å²) in [6.45, 7) is 2.55. The predicted octanol–water partition coefficient (Wildman–Crippen LogP) is 3.54. The van der Waals surface area contributed by atoms with E-state index in [4.69, 9.17) is 4.74 Å². The van der Waals surface area contributed by atoms with Crippen LogP contribution in [0.3, 0.4) is 0 Å². The highest BCUT2D eigenvalue weighted by Crippen LogP contribution is 2.31. The van der Waals surface area contributed by atoms with Crippen LogP contribution in [0, 0.1) is 6.92 Å². The number of thioether (sulfide) groups is 1. The fraction of sp³-hybridized carbons (Fsp3) is 0.444. The average Bonchev–Trinajstić information content (AvgIpc) is 3.06. The SMILES string of the molecule is Cc1ccc(OCCSc2nc(O)cc(=O)n2C2CCCC2)cc1. The maximum atomic E-state index is 12.3. The molecule has 24 heavy (non-hydrogen) atoms. The van der Waals surface area contributed by atoms with Gasteiger partial charge in [-0.2, -0.15) is 4.98 Å². The van der Waals surface area contributed by atoms with Gasteiger partial charge >= 0.3 is 0 Å². The van der Waals surface area contributed by atoms with E-state index in [9.17, 15) is 9.90 Å². The molecule has 1 aromatic carbocycles. The summed E-state index contributed by atoms with van der Waals surface area (Å²) in [7, 11) is 0. The van der Waals surface area contributed by atoms with Crippen molar-refractivity contribution in [3.05, 3.63) is 46.2 Å². The molecule has 1 saturated carbocycles. The van der Waals surface area contributed by atoms with Crippen molar-refractivity contribution in [2.24, 2.45) is 0 Å². The van der Waals surface area contributed by atoms with Gasteiger partial charge in [-0.25, -0.2) is 0 Å². The van der Waals surface area contributed by atoms with E-state index in [1.54, 1.807) is 4.57 Å². The van der Waals surface area contributed by atoms with Crippen LogP contribution in [0.2, 0.25) is 0 Å². The molecule has 6 heteroatoms. The highest BCUT2D eigenvalue weighted by Gasteiger charge is 2.22. The molecule has 0 saturated heterocycles. The summed E-state index contributed by atoms with van der Waals surface area (Å²) in [6, 6.07) is 9.31. The van der Waals surface area contributed by atoms with Gasteiger partial charge in [-0.1, -0.05) is 42.3 Å². The van der Waals surface area contributed by atoms with Gasteiger partial charge in [-0.05, 0) is 31.9 Å². The predicted molar refractivity (Wildman–Crippen MR) is 95.1 cm³/mol. The number of hydrogen-bond acceptors (Lipinski definition) is 5. The van der Waals surface area contributed by atoms with Gasteiger partial charge in [0.15, 0.2) is 5.16 Å². The maximum absolute atomic E-state index is 12.3. The van der Waals surface area contributed by atoms with Crippen molar-refractivity contribution in [3.8, 4) is 11.6 Å². The maximum Gasteiger partial charge on any atom is 0.258 e. The zero-order valence-electron chi connectivity index (χ0n) is 13.8. The number of aryl methyl sites for hydroxylation is 1. The van der Waals surface area contributed by atoms with Crippen LogP contribution in [-0.4, -0.2) is 27.0 Å². The molecule has 1 fully saturated rings.